The van der Waals surface area contributed by atoms with Gasteiger partial charge in [0, 0.05) is 28.3 Å². The highest BCUT2D eigenvalue weighted by Gasteiger charge is 2.37. The summed E-state index contributed by atoms with van der Waals surface area (Å²) >= 11 is 0. The van der Waals surface area contributed by atoms with Gasteiger partial charge in [-0.1, -0.05) is 18.2 Å². The maximum absolute atomic E-state index is 14.1. The van der Waals surface area contributed by atoms with Gasteiger partial charge in [-0.05, 0) is 84.3 Å². The average Bonchev–Trinajstić information content (AvgIpc) is 2.88. The Labute approximate surface area is 230 Å². The number of benzene rings is 4. The molecule has 4 aromatic rings. The number of aryl methyl sites for hydroxylation is 1. The molecule has 0 bridgehead atoms. The van der Waals surface area contributed by atoms with Crippen molar-refractivity contribution in [1.29, 1.82) is 0 Å². The Morgan fingerprint density at radius 1 is 0.634 bits per heavy atom. The maximum Gasteiger partial charge on any atom is 0.417 e. The maximum atomic E-state index is 14.1. The zero-order valence-electron chi connectivity index (χ0n) is 21.2. The van der Waals surface area contributed by atoms with E-state index in [4.69, 9.17) is 11.5 Å². The van der Waals surface area contributed by atoms with Crippen LogP contribution in [0.3, 0.4) is 0 Å². The Kier molecular flexibility index (Phi) is 7.69. The van der Waals surface area contributed by atoms with Crippen LogP contribution >= 0.6 is 0 Å². The minimum atomic E-state index is -4.92. The normalized spacial score (nSPS) is 11.7. The summed E-state index contributed by atoms with van der Waals surface area (Å²) in [6.07, 6.45) is -9.79. The van der Waals surface area contributed by atoms with Crippen LogP contribution in [0, 0.1) is 6.92 Å². The fraction of sp³-hybridized carbons (Fsp3) is 0.103. The van der Waals surface area contributed by atoms with Crippen molar-refractivity contribution in [2.24, 2.45) is 0 Å². The Morgan fingerprint density at radius 3 is 1.83 bits per heavy atom. The molecular weight excluding hydrogens is 550 g/mol. The molecule has 2 amide bonds. The number of hydrogen-bond donors (Lipinski definition) is 4. The van der Waals surface area contributed by atoms with Gasteiger partial charge in [0.2, 0.25) is 0 Å². The van der Waals surface area contributed by atoms with Crippen molar-refractivity contribution >= 4 is 34.6 Å². The quantitative estimate of drug-likeness (QED) is 0.148. The number of nitrogens with one attached hydrogen (secondary N) is 2. The Balaban J connectivity index is 1.64. The Bertz CT molecular complexity index is 1650. The molecule has 0 heterocycles. The van der Waals surface area contributed by atoms with Gasteiger partial charge in [-0.15, -0.1) is 0 Å². The molecule has 0 aromatic heterocycles. The minimum absolute atomic E-state index is 0.190. The van der Waals surface area contributed by atoms with E-state index in [1.165, 1.54) is 24.3 Å². The van der Waals surface area contributed by atoms with Crippen LogP contribution in [0.25, 0.3) is 11.1 Å². The van der Waals surface area contributed by atoms with Gasteiger partial charge in [0.05, 0.1) is 16.7 Å². The molecule has 0 radical (unpaired) electrons. The topological polar surface area (TPSA) is 110 Å². The van der Waals surface area contributed by atoms with Gasteiger partial charge in [0.1, 0.15) is 0 Å². The summed E-state index contributed by atoms with van der Waals surface area (Å²) in [5, 5.41) is 4.77. The van der Waals surface area contributed by atoms with Crippen molar-refractivity contribution in [3.8, 4) is 11.1 Å². The molecule has 0 atom stereocenters. The van der Waals surface area contributed by atoms with E-state index < -0.39 is 40.9 Å². The van der Waals surface area contributed by atoms with Crippen molar-refractivity contribution in [2.45, 2.75) is 19.3 Å². The van der Waals surface area contributed by atoms with Crippen LogP contribution in [0.2, 0.25) is 0 Å². The summed E-state index contributed by atoms with van der Waals surface area (Å²) in [5.74, 6) is -1.72. The van der Waals surface area contributed by atoms with Crippen LogP contribution in [0.15, 0.2) is 78.9 Å². The lowest BCUT2D eigenvalue weighted by Gasteiger charge is -2.18. The molecule has 4 rings (SSSR count). The monoisotopic (exact) mass is 572 g/mol. The van der Waals surface area contributed by atoms with Crippen LogP contribution in [0.1, 0.15) is 37.4 Å². The van der Waals surface area contributed by atoms with E-state index >= 15 is 0 Å². The molecule has 12 heteroatoms. The first-order chi connectivity index (χ1) is 19.1. The second-order valence-corrected chi connectivity index (χ2v) is 9.12. The number of amides is 2. The molecule has 0 spiro atoms. The summed E-state index contributed by atoms with van der Waals surface area (Å²) in [4.78, 5) is 25.2. The highest BCUT2D eigenvalue weighted by Crippen LogP contribution is 2.40. The molecule has 0 unspecified atom stereocenters. The summed E-state index contributed by atoms with van der Waals surface area (Å²) in [7, 11) is 0. The summed E-state index contributed by atoms with van der Waals surface area (Å²) in [6.45, 7) is 1.56. The lowest BCUT2D eigenvalue weighted by Crippen LogP contribution is -2.19. The van der Waals surface area contributed by atoms with Crippen molar-refractivity contribution in [3.05, 3.63) is 107 Å². The molecule has 0 aliphatic heterocycles. The molecule has 0 saturated heterocycles. The molecule has 6 N–H and O–H groups in total. The van der Waals surface area contributed by atoms with E-state index in [-0.39, 0.29) is 22.5 Å². The zero-order chi connectivity index (χ0) is 30.1. The number of carbonyl (C=O) groups excluding carboxylic acids is 2. The molecule has 6 nitrogen and oxygen atoms in total. The summed E-state index contributed by atoms with van der Waals surface area (Å²) < 4.78 is 82.5. The first-order valence-corrected chi connectivity index (χ1v) is 11.9. The third kappa shape index (κ3) is 6.60. The van der Waals surface area contributed by atoms with Crippen LogP contribution < -0.4 is 22.1 Å². The fourth-order valence-electron chi connectivity index (χ4n) is 4.21. The van der Waals surface area contributed by atoms with Crippen molar-refractivity contribution < 1.29 is 35.9 Å². The Morgan fingerprint density at radius 2 is 1.22 bits per heavy atom. The number of halogens is 6. The number of alkyl halides is 6. The van der Waals surface area contributed by atoms with Crippen LogP contribution in [-0.4, -0.2) is 11.8 Å². The largest absolute Gasteiger partial charge is 0.417 e. The van der Waals surface area contributed by atoms with Crippen molar-refractivity contribution in [3.63, 3.8) is 0 Å². The fourth-order valence-corrected chi connectivity index (χ4v) is 4.21. The average molecular weight is 573 g/mol. The molecule has 0 saturated carbocycles. The van der Waals surface area contributed by atoms with Crippen LogP contribution in [0.5, 0.6) is 0 Å². The molecule has 41 heavy (non-hydrogen) atoms. The predicted molar refractivity (Wildman–Crippen MR) is 144 cm³/mol. The van der Waals surface area contributed by atoms with Crippen LogP contribution in [-0.2, 0) is 12.4 Å². The zero-order valence-corrected chi connectivity index (χ0v) is 21.2. The van der Waals surface area contributed by atoms with Gasteiger partial charge >= 0.3 is 12.4 Å². The SMILES string of the molecule is Cc1cc(NC(=O)c2cccc(N)c2)ccc1-c1ccc(NC(=O)c2ccc(N)cc2C(F)(F)F)cc1C(F)(F)F. The minimum Gasteiger partial charge on any atom is -0.399 e. The molecule has 0 aliphatic carbocycles. The number of rotatable bonds is 5. The predicted octanol–water partition coefficient (Wildman–Crippen LogP) is 7.37. The second kappa shape index (κ2) is 10.9. The first kappa shape index (κ1) is 29.0. The van der Waals surface area contributed by atoms with Crippen LogP contribution in [0.4, 0.5) is 49.1 Å². The molecule has 212 valence electrons. The molecule has 0 fully saturated rings. The van der Waals surface area contributed by atoms with E-state index in [1.807, 2.05) is 0 Å². The summed E-state index contributed by atoms with van der Waals surface area (Å²) in [6, 6.07) is 16.0. The molecule has 4 aromatic carbocycles. The highest BCUT2D eigenvalue weighted by atomic mass is 19.4. The molecular formula is C29H22F6N4O2. The highest BCUT2D eigenvalue weighted by molar-refractivity contribution is 6.06. The number of nitrogens with two attached hydrogens (primary N) is 2. The van der Waals surface area contributed by atoms with E-state index in [0.29, 0.717) is 34.6 Å². The Hall–Kier alpha value is -5.00. The number of carbonyl (C=O) groups is 2. The van der Waals surface area contributed by atoms with Gasteiger partial charge in [-0.3, -0.25) is 9.59 Å². The van der Waals surface area contributed by atoms with Gasteiger partial charge in [0.15, 0.2) is 0 Å². The van der Waals surface area contributed by atoms with Crippen molar-refractivity contribution in [1.82, 2.24) is 0 Å². The van der Waals surface area contributed by atoms with E-state index in [1.54, 1.807) is 25.1 Å². The lowest BCUT2D eigenvalue weighted by atomic mass is 9.94. The number of hydrogen-bond acceptors (Lipinski definition) is 4. The van der Waals surface area contributed by atoms with E-state index in [0.717, 1.165) is 24.3 Å². The van der Waals surface area contributed by atoms with Gasteiger partial charge in [-0.2, -0.15) is 26.3 Å². The smallest absolute Gasteiger partial charge is 0.399 e. The number of nitrogen functional groups attached to an aromatic ring is 2. The molecule has 0 aliphatic rings. The second-order valence-electron chi connectivity index (χ2n) is 9.12. The third-order valence-electron chi connectivity index (χ3n) is 6.10. The summed E-state index contributed by atoms with van der Waals surface area (Å²) in [5.41, 5.74) is 8.65. The van der Waals surface area contributed by atoms with Gasteiger partial charge in [-0.25, -0.2) is 0 Å². The van der Waals surface area contributed by atoms with E-state index in [9.17, 15) is 35.9 Å². The third-order valence-corrected chi connectivity index (χ3v) is 6.10. The van der Waals surface area contributed by atoms with Gasteiger partial charge in [0.25, 0.3) is 11.8 Å². The standard InChI is InChI=1S/C29H22F6N4O2/c1-15-11-19(38-26(40)16-3-2-4-17(36)12-16)6-9-21(15)22-10-7-20(14-25(22)29(33,34)35)39-27(41)23-8-5-18(37)13-24(23)28(30,31)32/h2-14H,36-37H2,1H3,(H,38,40)(H,39,41). The number of anilines is 4. The lowest BCUT2D eigenvalue weighted by molar-refractivity contribution is -0.138. The first-order valence-electron chi connectivity index (χ1n) is 11.9. The van der Waals surface area contributed by atoms with Crippen molar-refractivity contribution in [2.75, 3.05) is 22.1 Å². The van der Waals surface area contributed by atoms with E-state index in [2.05, 4.69) is 10.6 Å². The van der Waals surface area contributed by atoms with Gasteiger partial charge < -0.3 is 22.1 Å².